The fourth-order valence-corrected chi connectivity index (χ4v) is 17.4. The van der Waals surface area contributed by atoms with Crippen molar-refractivity contribution >= 4 is 66.7 Å². The topological polar surface area (TPSA) is 48.5 Å². The maximum atomic E-state index is 5.95. The number of rotatable bonds is 11. The van der Waals surface area contributed by atoms with Crippen molar-refractivity contribution in [2.24, 2.45) is 0 Å². The summed E-state index contributed by atoms with van der Waals surface area (Å²) in [5, 5.41) is 5.02. The minimum atomic E-state index is -0.254. The quantitative estimate of drug-likeness (QED) is 0.121. The number of fused-ring (bicyclic) bond motifs is 10. The van der Waals surface area contributed by atoms with Crippen molar-refractivity contribution in [1.82, 2.24) is 24.1 Å². The highest BCUT2D eigenvalue weighted by molar-refractivity contribution is 7.00. The Bertz CT molecular complexity index is 6070. The van der Waals surface area contributed by atoms with Crippen molar-refractivity contribution in [1.29, 1.82) is 0 Å². The molecule has 0 N–H and O–H groups in total. The Morgan fingerprint density at radius 3 is 0.766 bits per heavy atom. The summed E-state index contributed by atoms with van der Waals surface area (Å²) in [6, 6.07) is 125. The zero-order chi connectivity index (χ0) is 71.8. The van der Waals surface area contributed by atoms with Crippen molar-refractivity contribution in [3.63, 3.8) is 0 Å². The molecule has 0 fully saturated rings. The van der Waals surface area contributed by atoms with E-state index in [1.807, 2.05) is 0 Å². The van der Waals surface area contributed by atoms with Gasteiger partial charge in [-0.05, 0) is 200 Å². The van der Waals surface area contributed by atoms with Crippen LogP contribution in [-0.2, 0) is 10.8 Å². The van der Waals surface area contributed by atoms with E-state index >= 15 is 0 Å². The normalized spacial score (nSPS) is 12.4. The predicted molar refractivity (Wildman–Crippen MR) is 450 cm³/mol. The van der Waals surface area contributed by atoms with Crippen LogP contribution in [0.2, 0.25) is 0 Å². The van der Waals surface area contributed by atoms with Crippen LogP contribution in [0.1, 0.15) is 52.7 Å². The van der Waals surface area contributed by atoms with Crippen molar-refractivity contribution in [2.75, 3.05) is 0 Å². The predicted octanol–water partition coefficient (Wildman–Crippen LogP) is 24.1. The van der Waals surface area contributed by atoms with Crippen LogP contribution in [-0.4, -0.2) is 30.8 Å². The van der Waals surface area contributed by atoms with Gasteiger partial charge in [0.2, 0.25) is 0 Å². The molecule has 107 heavy (non-hydrogen) atoms. The lowest BCUT2D eigenvalue weighted by Crippen LogP contribution is -2.59. The van der Waals surface area contributed by atoms with E-state index in [1.54, 1.807) is 0 Å². The zero-order valence-electron chi connectivity index (χ0n) is 60.6. The van der Waals surface area contributed by atoms with Gasteiger partial charge in [0.05, 0.1) is 11.0 Å². The summed E-state index contributed by atoms with van der Waals surface area (Å²) in [6.07, 6.45) is 0. The Morgan fingerprint density at radius 2 is 0.486 bits per heavy atom. The van der Waals surface area contributed by atoms with Crippen LogP contribution in [0.5, 0.6) is 0 Å². The van der Waals surface area contributed by atoms with Crippen LogP contribution in [0.4, 0.5) is 0 Å². The molecule has 0 saturated carbocycles. The molecule has 0 aliphatic carbocycles. The molecular weight excluding hydrogens is 1290 g/mol. The molecule has 0 atom stereocenters. The second-order valence-electron chi connectivity index (χ2n) is 31.1. The Kier molecular flexibility index (Phi) is 14.8. The molecule has 0 unspecified atom stereocenters. The first-order chi connectivity index (χ1) is 52.3. The van der Waals surface area contributed by atoms with Gasteiger partial charge in [0.1, 0.15) is 0 Å². The molecule has 5 heterocycles. The first-order valence-electron chi connectivity index (χ1n) is 37.3. The van der Waals surface area contributed by atoms with Crippen LogP contribution in [0.15, 0.2) is 340 Å². The third kappa shape index (κ3) is 10.6. The lowest BCUT2D eigenvalue weighted by Gasteiger charge is -2.35. The molecule has 20 rings (SSSR count). The lowest BCUT2D eigenvalue weighted by atomic mass is 9.34. The molecule has 2 aliphatic heterocycles. The standard InChI is InChI=1S/C101H74BN5/c1-100(2,3)82-47-49-84-95-92(82)90-80(69-43-27-13-28-44-69)57-75(67-39-23-11-24-40-67)59-86(90)106(95)88-61-79(62-89-94(88)102(84)85-50-48-83(101(4,5)6)93-91-81(70-45-29-14-30-46-70)58-76(68-41-25-12-26-42-68)60-87(91)107(89)96(85)93)99-104-97(77-53-71(63-31-15-7-16-32-63)51-72(54-77)64-33-17-8-18-34-64)103-98(105-99)78-55-73(65-35-19-9-20-36-65)52-74(56-78)66-37-21-10-22-38-66/h7-62H,1-6H3. The number of hydrogen-bond donors (Lipinski definition) is 0. The second-order valence-corrected chi connectivity index (χ2v) is 31.1. The molecule has 0 amide bonds. The molecule has 0 spiro atoms. The summed E-state index contributed by atoms with van der Waals surface area (Å²) < 4.78 is 5.34. The van der Waals surface area contributed by atoms with Crippen LogP contribution >= 0.6 is 0 Å². The van der Waals surface area contributed by atoms with E-state index in [2.05, 4.69) is 390 Å². The van der Waals surface area contributed by atoms with Gasteiger partial charge >= 0.3 is 0 Å². The van der Waals surface area contributed by atoms with Crippen LogP contribution in [0.25, 0.3) is 178 Å². The Balaban J connectivity index is 0.974. The zero-order valence-corrected chi connectivity index (χ0v) is 60.6. The fourth-order valence-electron chi connectivity index (χ4n) is 17.4. The van der Waals surface area contributed by atoms with E-state index in [0.717, 1.165) is 106 Å². The van der Waals surface area contributed by atoms with Gasteiger partial charge in [-0.15, -0.1) is 0 Å². The SMILES string of the molecule is CC(C)(C)c1ccc2c3c1c1c(-c4ccccc4)cc(-c4ccccc4)cc1n3-c1cc(-c3nc(-c4cc(-c5ccccc5)cc(-c5ccccc5)c4)nc(-c4cc(-c5ccccc5)cc(-c5ccccc5)c4)n3)cc3c1B2c1ccc(C(C)(C)C)c2c4c(-c5ccccc5)cc(-c5ccccc5)cc4n-3c12. The monoisotopic (exact) mass is 1370 g/mol. The van der Waals surface area contributed by atoms with Crippen LogP contribution < -0.4 is 16.4 Å². The second kappa shape index (κ2) is 24.8. The van der Waals surface area contributed by atoms with E-state index in [1.165, 1.54) is 82.3 Å². The number of nitrogens with zero attached hydrogens (tertiary/aromatic N) is 5. The Labute approximate surface area is 624 Å². The van der Waals surface area contributed by atoms with Crippen molar-refractivity contribution < 1.29 is 0 Å². The van der Waals surface area contributed by atoms with Gasteiger partial charge in [0.15, 0.2) is 17.5 Å². The largest absolute Gasteiger partial charge is 0.310 e. The van der Waals surface area contributed by atoms with Gasteiger partial charge in [0.25, 0.3) is 6.71 Å². The highest BCUT2D eigenvalue weighted by Gasteiger charge is 2.44. The maximum Gasteiger partial charge on any atom is 0.252 e. The van der Waals surface area contributed by atoms with E-state index < -0.39 is 0 Å². The minimum absolute atomic E-state index is 0.197. The molecule has 15 aromatic carbocycles. The summed E-state index contributed by atoms with van der Waals surface area (Å²) in [5.41, 5.74) is 33.4. The smallest absolute Gasteiger partial charge is 0.252 e. The van der Waals surface area contributed by atoms with Crippen molar-refractivity contribution in [2.45, 2.75) is 52.4 Å². The van der Waals surface area contributed by atoms with Gasteiger partial charge in [-0.2, -0.15) is 0 Å². The summed E-state index contributed by atoms with van der Waals surface area (Å²) in [5.74, 6) is 1.70. The number of benzene rings is 15. The average Bonchev–Trinajstić information content (AvgIpc) is 1.53. The van der Waals surface area contributed by atoms with Crippen molar-refractivity contribution in [3.05, 3.63) is 351 Å². The molecule has 0 radical (unpaired) electrons. The van der Waals surface area contributed by atoms with Crippen molar-refractivity contribution in [3.8, 4) is 135 Å². The molecule has 5 nitrogen and oxygen atoms in total. The van der Waals surface area contributed by atoms with Gasteiger partial charge in [-0.25, -0.2) is 15.0 Å². The average molecular weight is 1370 g/mol. The lowest BCUT2D eigenvalue weighted by molar-refractivity contribution is 0.596. The molecule has 3 aromatic heterocycles. The fraction of sp³-hybridized carbons (Fsp3) is 0.0792. The van der Waals surface area contributed by atoms with Gasteiger partial charge in [-0.1, -0.05) is 308 Å². The molecule has 0 saturated heterocycles. The van der Waals surface area contributed by atoms with Gasteiger partial charge in [-0.3, -0.25) is 0 Å². The molecule has 0 bridgehead atoms. The van der Waals surface area contributed by atoms with Crippen LogP contribution in [0, 0.1) is 0 Å². The molecular formula is C101H74BN5. The maximum absolute atomic E-state index is 5.95. The van der Waals surface area contributed by atoms with E-state index in [0.29, 0.717) is 17.5 Å². The van der Waals surface area contributed by atoms with E-state index in [-0.39, 0.29) is 17.5 Å². The third-order valence-electron chi connectivity index (χ3n) is 22.3. The summed E-state index contributed by atoms with van der Waals surface area (Å²) >= 11 is 0. The molecule has 506 valence electrons. The highest BCUT2D eigenvalue weighted by Crippen LogP contribution is 2.51. The molecule has 18 aromatic rings. The molecule has 6 heteroatoms. The summed E-state index contributed by atoms with van der Waals surface area (Å²) in [6.45, 7) is 14.1. The van der Waals surface area contributed by atoms with E-state index in [4.69, 9.17) is 15.0 Å². The summed E-state index contributed by atoms with van der Waals surface area (Å²) in [7, 11) is 0. The van der Waals surface area contributed by atoms with Gasteiger partial charge in [0, 0.05) is 60.6 Å². The Hall–Kier alpha value is -13.0. The Morgan fingerprint density at radius 1 is 0.234 bits per heavy atom. The van der Waals surface area contributed by atoms with E-state index in [9.17, 15) is 0 Å². The first-order valence-corrected chi connectivity index (χ1v) is 37.3. The molecule has 2 aliphatic rings. The summed E-state index contributed by atoms with van der Waals surface area (Å²) in [4.78, 5) is 17.7. The number of hydrogen-bond acceptors (Lipinski definition) is 3. The highest BCUT2D eigenvalue weighted by atomic mass is 15.1. The third-order valence-corrected chi connectivity index (χ3v) is 22.3. The number of aromatic nitrogens is 5. The minimum Gasteiger partial charge on any atom is -0.310 e. The first kappa shape index (κ1) is 63.6. The van der Waals surface area contributed by atoms with Crippen LogP contribution in [0.3, 0.4) is 0 Å². The van der Waals surface area contributed by atoms with Gasteiger partial charge < -0.3 is 9.13 Å².